The second-order valence-electron chi connectivity index (χ2n) is 10.6. The van der Waals surface area contributed by atoms with Crippen molar-refractivity contribution in [3.63, 3.8) is 0 Å². The molecule has 4 nitrogen and oxygen atoms in total. The highest BCUT2D eigenvalue weighted by Gasteiger charge is 2.53. The van der Waals surface area contributed by atoms with E-state index < -0.39 is 13.9 Å². The van der Waals surface area contributed by atoms with Crippen molar-refractivity contribution in [3.05, 3.63) is 60.7 Å². The molecule has 0 aliphatic heterocycles. The molecular formula is C26H37NO3Si. The van der Waals surface area contributed by atoms with Gasteiger partial charge in [-0.3, -0.25) is 0 Å². The maximum Gasteiger partial charge on any atom is 0.410 e. The Balaban J connectivity index is 1.84. The van der Waals surface area contributed by atoms with E-state index >= 15 is 0 Å². The number of carbonyl (C=O) groups excluding carboxylic acids is 1. The van der Waals surface area contributed by atoms with Crippen molar-refractivity contribution in [2.24, 2.45) is 0 Å². The van der Waals surface area contributed by atoms with E-state index in [1.165, 1.54) is 10.4 Å². The molecule has 31 heavy (non-hydrogen) atoms. The summed E-state index contributed by atoms with van der Waals surface area (Å²) in [5.41, 5.74) is -0.486. The Labute approximate surface area is 188 Å². The van der Waals surface area contributed by atoms with Crippen LogP contribution in [0.3, 0.4) is 0 Å². The molecule has 1 aliphatic carbocycles. The van der Waals surface area contributed by atoms with E-state index in [-0.39, 0.29) is 23.3 Å². The van der Waals surface area contributed by atoms with Gasteiger partial charge in [0.05, 0.1) is 0 Å². The average Bonchev–Trinajstić information content (AvgIpc) is 2.66. The van der Waals surface area contributed by atoms with Crippen molar-refractivity contribution < 1.29 is 14.0 Å². The molecule has 0 N–H and O–H groups in total. The summed E-state index contributed by atoms with van der Waals surface area (Å²) in [5, 5.41) is 2.54. The Kier molecular flexibility index (Phi) is 6.68. The van der Waals surface area contributed by atoms with Gasteiger partial charge >= 0.3 is 6.09 Å². The maximum absolute atomic E-state index is 12.5. The molecule has 0 heterocycles. The number of nitrogens with zero attached hydrogens (tertiary/aromatic N) is 1. The van der Waals surface area contributed by atoms with Crippen LogP contribution >= 0.6 is 0 Å². The van der Waals surface area contributed by atoms with Gasteiger partial charge in [-0.05, 0) is 49.0 Å². The van der Waals surface area contributed by atoms with Crippen LogP contribution in [0.4, 0.5) is 4.79 Å². The maximum atomic E-state index is 12.5. The summed E-state index contributed by atoms with van der Waals surface area (Å²) in [5.74, 6) is 0. The third-order valence-corrected chi connectivity index (χ3v) is 11.2. The van der Waals surface area contributed by atoms with Crippen molar-refractivity contribution in [2.75, 3.05) is 7.05 Å². The van der Waals surface area contributed by atoms with Gasteiger partial charge in [0.25, 0.3) is 8.32 Å². The third-order valence-electron chi connectivity index (χ3n) is 6.06. The van der Waals surface area contributed by atoms with Gasteiger partial charge in [-0.1, -0.05) is 81.4 Å². The summed E-state index contributed by atoms with van der Waals surface area (Å²) in [6.45, 7) is 12.6. The third kappa shape index (κ3) is 5.04. The van der Waals surface area contributed by atoms with Crippen molar-refractivity contribution in [2.45, 2.75) is 77.2 Å². The molecule has 0 radical (unpaired) electrons. The lowest BCUT2D eigenvalue weighted by atomic mass is 9.89. The first-order chi connectivity index (χ1) is 14.4. The summed E-state index contributed by atoms with van der Waals surface area (Å²) in [6.07, 6.45) is 1.53. The van der Waals surface area contributed by atoms with Gasteiger partial charge in [0, 0.05) is 19.2 Å². The molecule has 0 aromatic heterocycles. The summed E-state index contributed by atoms with van der Waals surface area (Å²) in [7, 11) is -0.715. The Bertz CT molecular complexity index is 826. The van der Waals surface area contributed by atoms with Gasteiger partial charge in [-0.15, -0.1) is 0 Å². The number of ether oxygens (including phenoxy) is 1. The van der Waals surface area contributed by atoms with Crippen LogP contribution in [0.1, 0.15) is 54.4 Å². The largest absolute Gasteiger partial charge is 0.444 e. The molecule has 0 bridgehead atoms. The van der Waals surface area contributed by atoms with E-state index in [0.717, 1.165) is 12.8 Å². The highest BCUT2D eigenvalue weighted by Crippen LogP contribution is 2.41. The number of rotatable bonds is 5. The molecule has 3 rings (SSSR count). The topological polar surface area (TPSA) is 38.8 Å². The zero-order chi connectivity index (χ0) is 22.9. The standard InChI is InChI=1S/C26H37NO3Si/c1-25(2,3)29-24(28)27(7)20-18-21(19-20)30-31(26(4,5)6,22-14-10-8-11-15-22)23-16-12-9-13-17-23/h8-17,20-21H,18-19H2,1-7H3. The smallest absolute Gasteiger partial charge is 0.410 e. The first kappa shape index (κ1) is 23.5. The van der Waals surface area contributed by atoms with E-state index in [2.05, 4.69) is 81.4 Å². The van der Waals surface area contributed by atoms with E-state index in [1.807, 2.05) is 27.8 Å². The Morgan fingerprint density at radius 2 is 1.32 bits per heavy atom. The predicted molar refractivity (Wildman–Crippen MR) is 130 cm³/mol. The molecule has 1 aliphatic rings. The second kappa shape index (κ2) is 8.79. The highest BCUT2D eigenvalue weighted by molar-refractivity contribution is 6.99. The Hall–Kier alpha value is -2.11. The average molecular weight is 440 g/mol. The van der Waals surface area contributed by atoms with Gasteiger partial charge in [-0.25, -0.2) is 4.79 Å². The van der Waals surface area contributed by atoms with Crippen molar-refractivity contribution in [1.29, 1.82) is 0 Å². The highest BCUT2D eigenvalue weighted by atomic mass is 28.4. The molecule has 1 fully saturated rings. The fourth-order valence-corrected chi connectivity index (χ4v) is 9.08. The summed E-state index contributed by atoms with van der Waals surface area (Å²) in [4.78, 5) is 14.2. The molecule has 0 atom stereocenters. The van der Waals surface area contributed by atoms with Gasteiger partial charge in [0.1, 0.15) is 5.60 Å². The molecular weight excluding hydrogens is 402 g/mol. The minimum Gasteiger partial charge on any atom is -0.444 e. The molecule has 0 spiro atoms. The quantitative estimate of drug-likeness (QED) is 0.618. The number of amides is 1. The summed E-state index contributed by atoms with van der Waals surface area (Å²) in [6, 6.07) is 21.6. The van der Waals surface area contributed by atoms with E-state index in [0.29, 0.717) is 0 Å². The van der Waals surface area contributed by atoms with Gasteiger partial charge in [-0.2, -0.15) is 0 Å². The minimum absolute atomic E-state index is 0.0438. The lowest BCUT2D eigenvalue weighted by Gasteiger charge is -2.50. The molecule has 0 saturated heterocycles. The second-order valence-corrected chi connectivity index (χ2v) is 14.9. The molecule has 2 aromatic rings. The first-order valence-electron chi connectivity index (χ1n) is 11.2. The predicted octanol–water partition coefficient (Wildman–Crippen LogP) is 4.96. The van der Waals surface area contributed by atoms with Crippen molar-refractivity contribution in [3.8, 4) is 0 Å². The van der Waals surface area contributed by atoms with Crippen LogP contribution < -0.4 is 10.4 Å². The van der Waals surface area contributed by atoms with Gasteiger partial charge < -0.3 is 14.1 Å². The monoisotopic (exact) mass is 439 g/mol. The Morgan fingerprint density at radius 1 is 0.871 bits per heavy atom. The Morgan fingerprint density at radius 3 is 1.71 bits per heavy atom. The van der Waals surface area contributed by atoms with Crippen LogP contribution in [0.5, 0.6) is 0 Å². The van der Waals surface area contributed by atoms with Crippen LogP contribution in [0, 0.1) is 0 Å². The van der Waals surface area contributed by atoms with E-state index in [9.17, 15) is 4.79 Å². The van der Waals surface area contributed by atoms with Crippen molar-refractivity contribution in [1.82, 2.24) is 4.90 Å². The molecule has 2 aromatic carbocycles. The normalized spacial score (nSPS) is 19.5. The lowest BCUT2D eigenvalue weighted by Crippen LogP contribution is -2.69. The fourth-order valence-electron chi connectivity index (χ4n) is 4.37. The van der Waals surface area contributed by atoms with Crippen LogP contribution in [-0.4, -0.2) is 44.1 Å². The van der Waals surface area contributed by atoms with Gasteiger partial charge in [0.2, 0.25) is 0 Å². The van der Waals surface area contributed by atoms with Crippen molar-refractivity contribution >= 4 is 24.8 Å². The fraction of sp³-hybridized carbons (Fsp3) is 0.500. The molecule has 1 amide bonds. The number of carbonyl (C=O) groups is 1. The van der Waals surface area contributed by atoms with Crippen LogP contribution in [-0.2, 0) is 9.16 Å². The van der Waals surface area contributed by atoms with Gasteiger partial charge in [0.15, 0.2) is 0 Å². The number of hydrogen-bond acceptors (Lipinski definition) is 3. The molecule has 1 saturated carbocycles. The van der Waals surface area contributed by atoms with E-state index in [4.69, 9.17) is 9.16 Å². The first-order valence-corrected chi connectivity index (χ1v) is 13.1. The molecule has 0 unspecified atom stereocenters. The van der Waals surface area contributed by atoms with E-state index in [1.54, 1.807) is 4.90 Å². The van der Waals surface area contributed by atoms with Crippen LogP contribution in [0.25, 0.3) is 0 Å². The SMILES string of the molecule is CN(C(=O)OC(C)(C)C)C1CC(O[Si](c2ccccc2)(c2ccccc2)C(C)(C)C)C1. The molecule has 5 heteroatoms. The minimum atomic E-state index is -2.55. The lowest BCUT2D eigenvalue weighted by molar-refractivity contribution is -0.0111. The number of benzene rings is 2. The zero-order valence-electron chi connectivity index (χ0n) is 20.0. The summed E-state index contributed by atoms with van der Waals surface area (Å²) < 4.78 is 12.7. The zero-order valence-corrected chi connectivity index (χ0v) is 21.0. The van der Waals surface area contributed by atoms with Crippen LogP contribution in [0.15, 0.2) is 60.7 Å². The molecule has 168 valence electrons. The van der Waals surface area contributed by atoms with Crippen LogP contribution in [0.2, 0.25) is 5.04 Å². The summed E-state index contributed by atoms with van der Waals surface area (Å²) >= 11 is 0. The number of hydrogen-bond donors (Lipinski definition) is 0.